The number of aryl methyl sites for hydroxylation is 2. The van der Waals surface area contributed by atoms with Gasteiger partial charge in [0.2, 0.25) is 5.91 Å². The number of rotatable bonds is 5. The van der Waals surface area contributed by atoms with Crippen molar-refractivity contribution < 1.29 is 4.79 Å². The number of hydrogen-bond donors (Lipinski definition) is 1. The van der Waals surface area contributed by atoms with E-state index in [0.29, 0.717) is 18.4 Å². The Bertz CT molecular complexity index is 878. The number of nitrogens with one attached hydrogen (secondary N) is 1. The van der Waals surface area contributed by atoms with Crippen molar-refractivity contribution in [2.45, 2.75) is 44.7 Å². The first-order chi connectivity index (χ1) is 12.5. The van der Waals surface area contributed by atoms with Gasteiger partial charge in [0.1, 0.15) is 0 Å². The fourth-order valence-corrected chi connectivity index (χ4v) is 3.97. The number of hydrogen-bond acceptors (Lipinski definition) is 3. The Balaban J connectivity index is 1.39. The fourth-order valence-electron chi connectivity index (χ4n) is 3.97. The van der Waals surface area contributed by atoms with Crippen molar-refractivity contribution in [3.63, 3.8) is 0 Å². The van der Waals surface area contributed by atoms with E-state index in [9.17, 15) is 9.59 Å². The van der Waals surface area contributed by atoms with Gasteiger partial charge in [0.15, 0.2) is 0 Å². The van der Waals surface area contributed by atoms with Crippen molar-refractivity contribution >= 4 is 16.9 Å². The van der Waals surface area contributed by atoms with Gasteiger partial charge in [-0.2, -0.15) is 0 Å². The van der Waals surface area contributed by atoms with Crippen LogP contribution in [0.2, 0.25) is 0 Å². The summed E-state index contributed by atoms with van der Waals surface area (Å²) in [6.45, 7) is 2.60. The molecular formula is C20H28N4O2. The minimum Gasteiger partial charge on any atom is -0.342 e. The highest BCUT2D eigenvalue weighted by atomic mass is 16.2. The Morgan fingerprint density at radius 3 is 2.58 bits per heavy atom. The summed E-state index contributed by atoms with van der Waals surface area (Å²) in [5.74, 6) is 1.08. The molecule has 2 fully saturated rings. The lowest BCUT2D eigenvalue weighted by Crippen LogP contribution is -2.33. The van der Waals surface area contributed by atoms with E-state index in [1.807, 2.05) is 13.1 Å². The lowest BCUT2D eigenvalue weighted by atomic mass is 10.1. The standard InChI is InChI=1S/C20H28N4O2/c1-22-17-7-5-15(11-18(17)23(2)20(22)26)12-21-16-6-8-19(25)24(10-9-16)13-14-3-4-14/h5,7,11,14,16,21H,3-4,6,8-10,12-13H2,1-2H3. The summed E-state index contributed by atoms with van der Waals surface area (Å²) in [7, 11) is 3.62. The minimum absolute atomic E-state index is 0.00291. The van der Waals surface area contributed by atoms with Gasteiger partial charge in [0, 0.05) is 46.2 Å². The van der Waals surface area contributed by atoms with E-state index in [1.165, 1.54) is 18.4 Å². The third-order valence-electron chi connectivity index (χ3n) is 5.91. The highest BCUT2D eigenvalue weighted by Crippen LogP contribution is 2.30. The third-order valence-corrected chi connectivity index (χ3v) is 5.91. The molecule has 26 heavy (non-hydrogen) atoms. The molecule has 1 saturated carbocycles. The van der Waals surface area contributed by atoms with Crippen molar-refractivity contribution in [2.75, 3.05) is 13.1 Å². The molecule has 1 unspecified atom stereocenters. The normalized spacial score (nSPS) is 21.4. The van der Waals surface area contributed by atoms with Crippen LogP contribution in [0.5, 0.6) is 0 Å². The number of benzene rings is 1. The third kappa shape index (κ3) is 3.43. The number of fused-ring (bicyclic) bond motifs is 1. The molecule has 6 nitrogen and oxygen atoms in total. The number of likely N-dealkylation sites (tertiary alicyclic amines) is 1. The van der Waals surface area contributed by atoms with Gasteiger partial charge >= 0.3 is 5.69 Å². The van der Waals surface area contributed by atoms with Gasteiger partial charge in [0.05, 0.1) is 11.0 Å². The predicted molar refractivity (Wildman–Crippen MR) is 102 cm³/mol. The summed E-state index contributed by atoms with van der Waals surface area (Å²) in [4.78, 5) is 26.4. The van der Waals surface area contributed by atoms with Crippen molar-refractivity contribution in [1.29, 1.82) is 0 Å². The van der Waals surface area contributed by atoms with Crippen LogP contribution in [-0.4, -0.2) is 39.1 Å². The fraction of sp³-hybridized carbons (Fsp3) is 0.600. The lowest BCUT2D eigenvalue weighted by Gasteiger charge is -2.21. The first-order valence-electron chi connectivity index (χ1n) is 9.68. The van der Waals surface area contributed by atoms with Gasteiger partial charge in [-0.15, -0.1) is 0 Å². The molecule has 1 aromatic heterocycles. The Labute approximate surface area is 153 Å². The number of aromatic nitrogens is 2. The SMILES string of the molecule is Cn1c(=O)n(C)c2cc(CNC3CCC(=O)N(CC4CC4)CC3)ccc21. The van der Waals surface area contributed by atoms with Crippen LogP contribution in [0.1, 0.15) is 37.7 Å². The molecule has 0 spiro atoms. The maximum Gasteiger partial charge on any atom is 0.328 e. The molecule has 1 amide bonds. The maximum atomic E-state index is 12.3. The van der Waals surface area contributed by atoms with Gasteiger partial charge in [-0.3, -0.25) is 13.9 Å². The molecule has 2 aliphatic rings. The van der Waals surface area contributed by atoms with Crippen LogP contribution >= 0.6 is 0 Å². The summed E-state index contributed by atoms with van der Waals surface area (Å²) in [6.07, 6.45) is 5.15. The van der Waals surface area contributed by atoms with Crippen LogP contribution in [0.15, 0.2) is 23.0 Å². The average Bonchev–Trinajstić information content (AvgIpc) is 3.46. The summed E-state index contributed by atoms with van der Waals surface area (Å²) in [6, 6.07) is 6.56. The number of amides is 1. The second-order valence-electron chi connectivity index (χ2n) is 7.91. The number of carbonyl (C=O) groups excluding carboxylic acids is 1. The molecule has 1 aliphatic heterocycles. The van der Waals surface area contributed by atoms with E-state index < -0.39 is 0 Å². The summed E-state index contributed by atoms with van der Waals surface area (Å²) in [5, 5.41) is 3.62. The largest absolute Gasteiger partial charge is 0.342 e. The van der Waals surface area contributed by atoms with E-state index in [4.69, 9.17) is 0 Å². The Kier molecular flexibility index (Phi) is 4.61. The quantitative estimate of drug-likeness (QED) is 0.888. The topological polar surface area (TPSA) is 59.3 Å². The zero-order valence-corrected chi connectivity index (χ0v) is 15.7. The number of nitrogens with zero attached hydrogens (tertiary/aromatic N) is 3. The molecule has 6 heteroatoms. The smallest absolute Gasteiger partial charge is 0.328 e. The molecule has 1 N–H and O–H groups in total. The second-order valence-corrected chi connectivity index (χ2v) is 7.91. The molecule has 0 bridgehead atoms. The van der Waals surface area contributed by atoms with Crippen LogP contribution in [0.25, 0.3) is 11.0 Å². The van der Waals surface area contributed by atoms with Crippen molar-refractivity contribution in [3.05, 3.63) is 34.2 Å². The van der Waals surface area contributed by atoms with E-state index in [1.54, 1.807) is 16.2 Å². The van der Waals surface area contributed by atoms with Gasteiger partial charge in [-0.1, -0.05) is 6.07 Å². The Morgan fingerprint density at radius 2 is 1.81 bits per heavy atom. The molecular weight excluding hydrogens is 328 g/mol. The number of imidazole rings is 1. The highest BCUT2D eigenvalue weighted by molar-refractivity contribution is 5.77. The lowest BCUT2D eigenvalue weighted by molar-refractivity contribution is -0.130. The van der Waals surface area contributed by atoms with Crippen molar-refractivity contribution in [2.24, 2.45) is 20.0 Å². The van der Waals surface area contributed by atoms with Gasteiger partial charge in [-0.05, 0) is 49.3 Å². The first-order valence-corrected chi connectivity index (χ1v) is 9.68. The number of carbonyl (C=O) groups is 1. The van der Waals surface area contributed by atoms with E-state index in [0.717, 1.165) is 49.4 Å². The van der Waals surface area contributed by atoms with Gasteiger partial charge in [0.25, 0.3) is 0 Å². The summed E-state index contributed by atoms with van der Waals surface area (Å²) >= 11 is 0. The van der Waals surface area contributed by atoms with E-state index >= 15 is 0 Å². The maximum absolute atomic E-state index is 12.3. The summed E-state index contributed by atoms with van der Waals surface area (Å²) in [5.41, 5.74) is 3.09. The zero-order chi connectivity index (χ0) is 18.3. The van der Waals surface area contributed by atoms with Crippen LogP contribution < -0.4 is 11.0 Å². The molecule has 1 aromatic carbocycles. The molecule has 1 aliphatic carbocycles. The monoisotopic (exact) mass is 356 g/mol. The van der Waals surface area contributed by atoms with Crippen LogP contribution in [0.3, 0.4) is 0 Å². The predicted octanol–water partition coefficient (Wildman–Crippen LogP) is 1.76. The Morgan fingerprint density at radius 1 is 1.04 bits per heavy atom. The highest BCUT2D eigenvalue weighted by Gasteiger charge is 2.29. The van der Waals surface area contributed by atoms with Crippen LogP contribution in [0, 0.1) is 5.92 Å². The molecule has 0 radical (unpaired) electrons. The van der Waals surface area contributed by atoms with E-state index in [-0.39, 0.29) is 5.69 Å². The Hall–Kier alpha value is -2.08. The zero-order valence-electron chi connectivity index (χ0n) is 15.7. The molecule has 1 atom stereocenters. The molecule has 4 rings (SSSR count). The van der Waals surface area contributed by atoms with Crippen LogP contribution in [0.4, 0.5) is 0 Å². The van der Waals surface area contributed by atoms with Crippen molar-refractivity contribution in [1.82, 2.24) is 19.4 Å². The molecule has 140 valence electrons. The van der Waals surface area contributed by atoms with Crippen LogP contribution in [-0.2, 0) is 25.4 Å². The molecule has 2 heterocycles. The molecule has 1 saturated heterocycles. The summed E-state index contributed by atoms with van der Waals surface area (Å²) < 4.78 is 3.37. The average molecular weight is 356 g/mol. The van der Waals surface area contributed by atoms with Gasteiger partial charge in [-0.25, -0.2) is 4.79 Å². The van der Waals surface area contributed by atoms with Crippen molar-refractivity contribution in [3.8, 4) is 0 Å². The first kappa shape index (κ1) is 17.3. The minimum atomic E-state index is 0.00291. The molecule has 2 aromatic rings. The van der Waals surface area contributed by atoms with E-state index in [2.05, 4.69) is 22.3 Å². The van der Waals surface area contributed by atoms with Gasteiger partial charge < -0.3 is 10.2 Å². The second kappa shape index (κ2) is 6.91.